The molecule has 5 atom stereocenters. The summed E-state index contributed by atoms with van der Waals surface area (Å²) in [6, 6.07) is -2.90. The van der Waals surface area contributed by atoms with Gasteiger partial charge in [-0.25, -0.2) is 0 Å². The molecule has 0 amide bonds. The average Bonchev–Trinajstić information content (AvgIpc) is 2.22. The van der Waals surface area contributed by atoms with E-state index in [4.69, 9.17) is 4.74 Å². The summed E-state index contributed by atoms with van der Waals surface area (Å²) in [6.07, 6.45) is -4.30. The summed E-state index contributed by atoms with van der Waals surface area (Å²) < 4.78 is 4.69. The highest BCUT2D eigenvalue weighted by Gasteiger charge is 2.47. The van der Waals surface area contributed by atoms with Gasteiger partial charge in [-0.15, -0.1) is 0 Å². The van der Waals surface area contributed by atoms with Gasteiger partial charge in [0.2, 0.25) is 0 Å². The van der Waals surface area contributed by atoms with Gasteiger partial charge in [0.1, 0.15) is 18.8 Å². The van der Waals surface area contributed by atoms with Gasteiger partial charge in [0.15, 0.2) is 18.4 Å². The lowest BCUT2D eigenvalue weighted by Gasteiger charge is -2.35. The third-order valence-corrected chi connectivity index (χ3v) is 2.19. The molecule has 1 fully saturated rings. The van der Waals surface area contributed by atoms with Gasteiger partial charge in [-0.3, -0.25) is 0 Å². The van der Waals surface area contributed by atoms with Crippen molar-refractivity contribution >= 4 is 0 Å². The first-order valence-corrected chi connectivity index (χ1v) is 4.11. The smallest absolute Gasteiger partial charge is 0.183 e. The monoisotopic (exact) mass is 219 g/mol. The van der Waals surface area contributed by atoms with E-state index >= 15 is 0 Å². The second-order valence-electron chi connectivity index (χ2n) is 3.06. The Morgan fingerprint density at radius 3 is 2.13 bits per heavy atom. The lowest BCUT2D eigenvalue weighted by Crippen LogP contribution is -2.56. The number of hydrogen-bond acceptors (Lipinski definition) is 9. The van der Waals surface area contributed by atoms with Gasteiger partial charge in [-0.2, -0.15) is 14.7 Å². The van der Waals surface area contributed by atoms with Crippen LogP contribution >= 0.6 is 0 Å². The number of ether oxygens (including phenoxy) is 1. The summed E-state index contributed by atoms with van der Waals surface area (Å²) >= 11 is 0. The third-order valence-electron chi connectivity index (χ3n) is 2.19. The second-order valence-corrected chi connectivity index (χ2v) is 3.06. The van der Waals surface area contributed by atoms with E-state index in [1.165, 1.54) is 0 Å². The topological polar surface area (TPSA) is 138 Å². The highest BCUT2D eigenvalue weighted by molar-refractivity contribution is 4.97. The molecule has 0 aromatic carbocycles. The summed E-state index contributed by atoms with van der Waals surface area (Å²) in [5.74, 6) is 0. The van der Waals surface area contributed by atoms with Crippen LogP contribution in [-0.4, -0.2) is 47.3 Å². The fourth-order valence-corrected chi connectivity index (χ4v) is 1.39. The van der Waals surface area contributed by atoms with E-state index < -0.39 is 37.1 Å². The summed E-state index contributed by atoms with van der Waals surface area (Å²) in [6.45, 7) is -0.449. The molecule has 0 aromatic rings. The highest BCUT2D eigenvalue weighted by atomic mass is 16.6. The Bertz CT molecular complexity index is 261. The number of aliphatic hydroxyl groups is 2. The normalized spacial score (nSPS) is 40.8. The zero-order valence-corrected chi connectivity index (χ0v) is 7.46. The molecule has 15 heavy (non-hydrogen) atoms. The largest absolute Gasteiger partial charge is 0.388 e. The average molecular weight is 219 g/mol. The molecule has 2 N–H and O–H groups in total. The van der Waals surface area contributed by atoms with Crippen LogP contribution in [0.4, 0.5) is 0 Å². The van der Waals surface area contributed by atoms with Crippen molar-refractivity contribution in [3.8, 4) is 0 Å². The van der Waals surface area contributed by atoms with Crippen LogP contribution in [0, 0.1) is 14.7 Å². The van der Waals surface area contributed by atoms with Crippen molar-refractivity contribution in [1.29, 1.82) is 0 Å². The Morgan fingerprint density at radius 2 is 1.67 bits per heavy atom. The molecule has 0 spiro atoms. The molecule has 1 saturated heterocycles. The summed E-state index contributed by atoms with van der Waals surface area (Å²) in [4.78, 5) is 30.6. The standard InChI is InChI=1S/C6H9N3O6/c10-5-2(1-7-12)15-6(11)4(9-14)3(5)8-13/h2-6,10-11H,1H2. The van der Waals surface area contributed by atoms with Crippen LogP contribution in [0.5, 0.6) is 0 Å². The molecule has 5 unspecified atom stereocenters. The van der Waals surface area contributed by atoms with E-state index in [1.54, 1.807) is 0 Å². The molecule has 0 aliphatic carbocycles. The van der Waals surface area contributed by atoms with Gasteiger partial charge >= 0.3 is 0 Å². The number of aliphatic hydroxyl groups excluding tert-OH is 2. The van der Waals surface area contributed by atoms with Crippen molar-refractivity contribution in [3.63, 3.8) is 0 Å². The fraction of sp³-hybridized carbons (Fsp3) is 1.00. The number of nitroso groups, excluding NO2 is 3. The molecule has 9 nitrogen and oxygen atoms in total. The van der Waals surface area contributed by atoms with Crippen LogP contribution in [0.25, 0.3) is 0 Å². The van der Waals surface area contributed by atoms with Crippen LogP contribution < -0.4 is 0 Å². The molecule has 1 rings (SSSR count). The molecule has 0 aromatic heterocycles. The van der Waals surface area contributed by atoms with Crippen LogP contribution in [-0.2, 0) is 4.74 Å². The minimum Gasteiger partial charge on any atom is -0.388 e. The summed E-state index contributed by atoms with van der Waals surface area (Å²) in [5.41, 5.74) is 0. The van der Waals surface area contributed by atoms with E-state index in [2.05, 4.69) is 15.5 Å². The van der Waals surface area contributed by atoms with Crippen LogP contribution in [0.3, 0.4) is 0 Å². The van der Waals surface area contributed by atoms with E-state index in [0.717, 1.165) is 0 Å². The van der Waals surface area contributed by atoms with Crippen molar-refractivity contribution < 1.29 is 14.9 Å². The van der Waals surface area contributed by atoms with E-state index in [1.807, 2.05) is 0 Å². The zero-order valence-electron chi connectivity index (χ0n) is 7.46. The Morgan fingerprint density at radius 1 is 1.07 bits per heavy atom. The first kappa shape index (κ1) is 11.8. The van der Waals surface area contributed by atoms with Gasteiger partial charge in [0, 0.05) is 0 Å². The quantitative estimate of drug-likeness (QED) is 0.587. The minimum atomic E-state index is -1.67. The molecule has 0 saturated carbocycles. The predicted octanol–water partition coefficient (Wildman–Crippen LogP) is -0.899. The third kappa shape index (κ3) is 2.19. The summed E-state index contributed by atoms with van der Waals surface area (Å²) in [5, 5.41) is 26.1. The minimum absolute atomic E-state index is 0.449. The molecule has 9 heteroatoms. The van der Waals surface area contributed by atoms with E-state index in [-0.39, 0.29) is 0 Å². The first-order valence-electron chi connectivity index (χ1n) is 4.11. The lowest BCUT2D eigenvalue weighted by molar-refractivity contribution is -0.209. The molecule has 0 radical (unpaired) electrons. The maximum absolute atomic E-state index is 10.4. The molecular weight excluding hydrogens is 210 g/mol. The number of hydrogen-bond donors (Lipinski definition) is 2. The first-order chi connectivity index (χ1) is 7.15. The Kier molecular flexibility index (Phi) is 3.88. The van der Waals surface area contributed by atoms with Crippen molar-refractivity contribution in [2.75, 3.05) is 6.54 Å². The zero-order chi connectivity index (χ0) is 11.4. The highest BCUT2D eigenvalue weighted by Crippen LogP contribution is 2.24. The van der Waals surface area contributed by atoms with Crippen LogP contribution in [0.2, 0.25) is 0 Å². The molecule has 1 heterocycles. The molecule has 1 aliphatic heterocycles. The van der Waals surface area contributed by atoms with Crippen molar-refractivity contribution in [2.45, 2.75) is 30.6 Å². The molecule has 0 bridgehead atoms. The second kappa shape index (κ2) is 4.96. The fourth-order valence-electron chi connectivity index (χ4n) is 1.39. The maximum atomic E-state index is 10.4. The Labute approximate surface area is 83.3 Å². The van der Waals surface area contributed by atoms with Gasteiger partial charge in [-0.05, 0) is 0 Å². The number of nitrogens with zero attached hydrogens (tertiary/aromatic N) is 3. The summed E-state index contributed by atoms with van der Waals surface area (Å²) in [7, 11) is 0. The molecular formula is C6H9N3O6. The van der Waals surface area contributed by atoms with Gasteiger partial charge < -0.3 is 14.9 Å². The van der Waals surface area contributed by atoms with Gasteiger partial charge in [0.05, 0.1) is 0 Å². The van der Waals surface area contributed by atoms with Gasteiger partial charge in [0.25, 0.3) is 0 Å². The Balaban J connectivity index is 2.83. The molecule has 84 valence electrons. The van der Waals surface area contributed by atoms with Gasteiger partial charge in [-0.1, -0.05) is 15.5 Å². The SMILES string of the molecule is O=NCC1OC(O)C(N=O)C(N=O)C1O. The maximum Gasteiger partial charge on any atom is 0.183 e. The van der Waals surface area contributed by atoms with Crippen molar-refractivity contribution in [3.05, 3.63) is 14.7 Å². The molecule has 1 aliphatic rings. The Hall–Kier alpha value is -1.32. The lowest BCUT2D eigenvalue weighted by atomic mass is 9.95. The van der Waals surface area contributed by atoms with Crippen LogP contribution in [0.15, 0.2) is 15.5 Å². The number of rotatable bonds is 4. The van der Waals surface area contributed by atoms with Crippen LogP contribution in [0.1, 0.15) is 0 Å². The van der Waals surface area contributed by atoms with Crippen molar-refractivity contribution in [1.82, 2.24) is 0 Å². The van der Waals surface area contributed by atoms with E-state index in [0.29, 0.717) is 0 Å². The predicted molar refractivity (Wildman–Crippen MR) is 46.7 cm³/mol. The van der Waals surface area contributed by atoms with E-state index in [9.17, 15) is 24.9 Å². The van der Waals surface area contributed by atoms with Crippen molar-refractivity contribution in [2.24, 2.45) is 15.5 Å².